The number of unbranched alkanes of at least 4 members (excludes halogenated alkanes) is 1. The Morgan fingerprint density at radius 2 is 1.94 bits per heavy atom. The topological polar surface area (TPSA) is 75.6 Å². The maximum Gasteiger partial charge on any atom is 0.328 e. The Hall–Kier alpha value is -1.10. The molecule has 0 aromatic rings. The first-order valence-corrected chi connectivity index (χ1v) is 6.48. The number of rotatable bonds is 8. The summed E-state index contributed by atoms with van der Waals surface area (Å²) in [6, 6.07) is -0.663. The van der Waals surface area contributed by atoms with E-state index >= 15 is 0 Å². The summed E-state index contributed by atoms with van der Waals surface area (Å²) in [6.07, 6.45) is 1.59. The lowest BCUT2D eigenvalue weighted by Gasteiger charge is -2.19. The second kappa shape index (κ2) is 8.91. The van der Waals surface area contributed by atoms with Crippen LogP contribution >= 0.6 is 0 Å². The molecule has 0 saturated carbocycles. The summed E-state index contributed by atoms with van der Waals surface area (Å²) in [7, 11) is 1.29. The number of carbonyl (C=O) groups excluding carboxylic acids is 2. The van der Waals surface area contributed by atoms with Crippen LogP contribution in [0.3, 0.4) is 0 Å². The van der Waals surface area contributed by atoms with Crippen LogP contribution in [-0.2, 0) is 14.3 Å². The van der Waals surface area contributed by atoms with Gasteiger partial charge in [-0.25, -0.2) is 4.79 Å². The SMILES string of the molecule is CCCC[C@H](NC(=O)[C@H](O)CC(C)C)C(=O)OC. The lowest BCUT2D eigenvalue weighted by atomic mass is 10.0. The van der Waals surface area contributed by atoms with Crippen molar-refractivity contribution in [1.29, 1.82) is 0 Å². The highest BCUT2D eigenvalue weighted by Gasteiger charge is 2.24. The van der Waals surface area contributed by atoms with Gasteiger partial charge < -0.3 is 15.2 Å². The molecule has 0 saturated heterocycles. The maximum absolute atomic E-state index is 11.7. The predicted octanol–water partition coefficient (Wildman–Crippen LogP) is 1.24. The normalized spacial score (nSPS) is 14.1. The molecule has 0 bridgehead atoms. The fourth-order valence-electron chi connectivity index (χ4n) is 1.62. The number of hydrogen-bond donors (Lipinski definition) is 2. The van der Waals surface area contributed by atoms with Gasteiger partial charge in [-0.3, -0.25) is 4.79 Å². The van der Waals surface area contributed by atoms with E-state index in [1.807, 2.05) is 20.8 Å². The van der Waals surface area contributed by atoms with Crippen molar-refractivity contribution in [3.8, 4) is 0 Å². The average molecular weight is 259 g/mol. The van der Waals surface area contributed by atoms with Gasteiger partial charge in [-0.2, -0.15) is 0 Å². The third kappa shape index (κ3) is 6.59. The Kier molecular flexibility index (Phi) is 8.37. The van der Waals surface area contributed by atoms with E-state index in [9.17, 15) is 14.7 Å². The largest absolute Gasteiger partial charge is 0.467 e. The zero-order valence-corrected chi connectivity index (χ0v) is 11.7. The number of methoxy groups -OCH3 is 1. The molecule has 106 valence electrons. The summed E-state index contributed by atoms with van der Waals surface area (Å²) >= 11 is 0. The molecule has 0 aromatic carbocycles. The van der Waals surface area contributed by atoms with Crippen molar-refractivity contribution in [2.75, 3.05) is 7.11 Å². The lowest BCUT2D eigenvalue weighted by molar-refractivity contribution is -0.146. The Morgan fingerprint density at radius 1 is 1.33 bits per heavy atom. The molecule has 0 fully saturated rings. The molecule has 2 atom stereocenters. The van der Waals surface area contributed by atoms with Gasteiger partial charge in [-0.05, 0) is 18.8 Å². The van der Waals surface area contributed by atoms with Crippen molar-refractivity contribution in [2.24, 2.45) is 5.92 Å². The number of aliphatic hydroxyl groups excluding tert-OH is 1. The molecule has 0 aliphatic rings. The van der Waals surface area contributed by atoms with Crippen LogP contribution in [0, 0.1) is 5.92 Å². The predicted molar refractivity (Wildman–Crippen MR) is 68.9 cm³/mol. The van der Waals surface area contributed by atoms with Crippen molar-refractivity contribution < 1.29 is 19.4 Å². The minimum Gasteiger partial charge on any atom is -0.467 e. The molecule has 18 heavy (non-hydrogen) atoms. The summed E-state index contributed by atoms with van der Waals surface area (Å²) in [6.45, 7) is 5.85. The molecule has 0 heterocycles. The fraction of sp³-hybridized carbons (Fsp3) is 0.846. The molecular weight excluding hydrogens is 234 g/mol. The van der Waals surface area contributed by atoms with E-state index in [-0.39, 0.29) is 5.92 Å². The van der Waals surface area contributed by atoms with Gasteiger partial charge >= 0.3 is 5.97 Å². The monoisotopic (exact) mass is 259 g/mol. The molecular formula is C13H25NO4. The Morgan fingerprint density at radius 3 is 2.39 bits per heavy atom. The van der Waals surface area contributed by atoms with E-state index in [1.165, 1.54) is 7.11 Å². The van der Waals surface area contributed by atoms with Gasteiger partial charge in [0, 0.05) is 0 Å². The summed E-state index contributed by atoms with van der Waals surface area (Å²) in [4.78, 5) is 23.2. The molecule has 0 unspecified atom stereocenters. The van der Waals surface area contributed by atoms with Crippen LogP contribution in [0.15, 0.2) is 0 Å². The Labute approximate surface area is 109 Å². The van der Waals surface area contributed by atoms with E-state index in [0.717, 1.165) is 12.8 Å². The Balaban J connectivity index is 4.37. The minimum atomic E-state index is -1.07. The van der Waals surface area contributed by atoms with Crippen molar-refractivity contribution in [2.45, 2.75) is 58.6 Å². The quantitative estimate of drug-likeness (QED) is 0.643. The van der Waals surface area contributed by atoms with Crippen LogP contribution in [0.2, 0.25) is 0 Å². The maximum atomic E-state index is 11.7. The van der Waals surface area contributed by atoms with Crippen LogP contribution in [0.5, 0.6) is 0 Å². The average Bonchev–Trinajstić information content (AvgIpc) is 2.32. The Bertz CT molecular complexity index is 266. The summed E-state index contributed by atoms with van der Waals surface area (Å²) in [5.41, 5.74) is 0. The van der Waals surface area contributed by atoms with Crippen molar-refractivity contribution in [3.05, 3.63) is 0 Å². The highest BCUT2D eigenvalue weighted by atomic mass is 16.5. The van der Waals surface area contributed by atoms with Crippen LogP contribution in [0.4, 0.5) is 0 Å². The smallest absolute Gasteiger partial charge is 0.328 e. The van der Waals surface area contributed by atoms with E-state index in [1.54, 1.807) is 0 Å². The van der Waals surface area contributed by atoms with Gasteiger partial charge in [0.25, 0.3) is 0 Å². The van der Waals surface area contributed by atoms with E-state index in [0.29, 0.717) is 12.8 Å². The van der Waals surface area contributed by atoms with Crippen molar-refractivity contribution in [3.63, 3.8) is 0 Å². The first-order chi connectivity index (χ1) is 8.42. The number of hydrogen-bond acceptors (Lipinski definition) is 4. The summed E-state index contributed by atoms with van der Waals surface area (Å²) in [5.74, 6) is -0.748. The molecule has 1 amide bonds. The number of nitrogens with one attached hydrogen (secondary N) is 1. The van der Waals surface area contributed by atoms with Crippen LogP contribution in [-0.4, -0.2) is 36.2 Å². The highest BCUT2D eigenvalue weighted by molar-refractivity contribution is 5.86. The zero-order chi connectivity index (χ0) is 14.1. The number of carbonyl (C=O) groups is 2. The molecule has 0 aliphatic heterocycles. The van der Waals surface area contributed by atoms with Gasteiger partial charge in [0.1, 0.15) is 12.1 Å². The highest BCUT2D eigenvalue weighted by Crippen LogP contribution is 2.07. The number of amides is 1. The van der Waals surface area contributed by atoms with Crippen LogP contribution in [0.25, 0.3) is 0 Å². The third-order valence-corrected chi connectivity index (χ3v) is 2.65. The molecule has 5 nitrogen and oxygen atoms in total. The molecule has 0 rings (SSSR count). The number of aliphatic hydroxyl groups is 1. The van der Waals surface area contributed by atoms with E-state index < -0.39 is 24.0 Å². The van der Waals surface area contributed by atoms with Gasteiger partial charge in [0.2, 0.25) is 5.91 Å². The number of esters is 1. The van der Waals surface area contributed by atoms with Gasteiger partial charge in [-0.15, -0.1) is 0 Å². The fourth-order valence-corrected chi connectivity index (χ4v) is 1.62. The van der Waals surface area contributed by atoms with Gasteiger partial charge in [0.15, 0.2) is 0 Å². The molecule has 0 radical (unpaired) electrons. The first-order valence-electron chi connectivity index (χ1n) is 6.48. The molecule has 5 heteroatoms. The molecule has 0 spiro atoms. The lowest BCUT2D eigenvalue weighted by Crippen LogP contribution is -2.46. The van der Waals surface area contributed by atoms with Crippen LogP contribution < -0.4 is 5.32 Å². The van der Waals surface area contributed by atoms with Gasteiger partial charge in [0.05, 0.1) is 7.11 Å². The second-order valence-electron chi connectivity index (χ2n) is 4.87. The minimum absolute atomic E-state index is 0.220. The second-order valence-corrected chi connectivity index (χ2v) is 4.87. The number of ether oxygens (including phenoxy) is 1. The van der Waals surface area contributed by atoms with Crippen LogP contribution in [0.1, 0.15) is 46.5 Å². The zero-order valence-electron chi connectivity index (χ0n) is 11.7. The van der Waals surface area contributed by atoms with E-state index in [4.69, 9.17) is 0 Å². The van der Waals surface area contributed by atoms with Gasteiger partial charge in [-0.1, -0.05) is 33.6 Å². The van der Waals surface area contributed by atoms with Crippen molar-refractivity contribution >= 4 is 11.9 Å². The molecule has 2 N–H and O–H groups in total. The van der Waals surface area contributed by atoms with E-state index in [2.05, 4.69) is 10.1 Å². The standard InChI is InChI=1S/C13H25NO4/c1-5-6-7-10(13(17)18-4)14-12(16)11(15)8-9(2)3/h9-11,15H,5-8H2,1-4H3,(H,14,16)/t10-,11+/m0/s1. The molecule has 0 aliphatic carbocycles. The third-order valence-electron chi connectivity index (χ3n) is 2.65. The van der Waals surface area contributed by atoms with Crippen molar-refractivity contribution in [1.82, 2.24) is 5.32 Å². The summed E-state index contributed by atoms with van der Waals surface area (Å²) < 4.78 is 4.64. The molecule has 0 aromatic heterocycles. The first kappa shape index (κ1) is 16.9. The summed E-state index contributed by atoms with van der Waals surface area (Å²) in [5, 5.41) is 12.2.